The maximum Gasteiger partial charge on any atom is 0.161 e. The standard InChI is InChI=1S/C15H18IN3/c1-4-5-12-13(16)14(17)19-15(18-12)11-7-9(2)6-10(3)8-11/h6-8H,4-5H2,1-3H3,(H2,17,18,19). The predicted molar refractivity (Wildman–Crippen MR) is 88.1 cm³/mol. The van der Waals surface area contributed by atoms with Gasteiger partial charge >= 0.3 is 0 Å². The van der Waals surface area contributed by atoms with Crippen LogP contribution in [0.4, 0.5) is 5.82 Å². The lowest BCUT2D eigenvalue weighted by Crippen LogP contribution is -2.05. The maximum atomic E-state index is 6.01. The van der Waals surface area contributed by atoms with E-state index in [-0.39, 0.29) is 0 Å². The van der Waals surface area contributed by atoms with E-state index in [4.69, 9.17) is 5.73 Å². The molecular formula is C15H18IN3. The summed E-state index contributed by atoms with van der Waals surface area (Å²) in [6, 6.07) is 6.35. The molecule has 0 saturated carbocycles. The van der Waals surface area contributed by atoms with Crippen LogP contribution >= 0.6 is 22.6 Å². The Bertz CT molecular complexity index is 588. The van der Waals surface area contributed by atoms with Crippen LogP contribution in [0.5, 0.6) is 0 Å². The third-order valence-electron chi connectivity index (χ3n) is 2.91. The molecule has 2 N–H and O–H groups in total. The van der Waals surface area contributed by atoms with Gasteiger partial charge in [0.2, 0.25) is 0 Å². The van der Waals surface area contributed by atoms with Crippen LogP contribution in [0.3, 0.4) is 0 Å². The number of hydrogen-bond acceptors (Lipinski definition) is 3. The van der Waals surface area contributed by atoms with E-state index in [9.17, 15) is 0 Å². The Morgan fingerprint density at radius 1 is 1.11 bits per heavy atom. The molecule has 0 saturated heterocycles. The highest BCUT2D eigenvalue weighted by Crippen LogP contribution is 2.24. The average Bonchev–Trinajstić information content (AvgIpc) is 2.33. The van der Waals surface area contributed by atoms with Gasteiger partial charge in [0, 0.05) is 5.56 Å². The quantitative estimate of drug-likeness (QED) is 0.838. The van der Waals surface area contributed by atoms with E-state index in [1.54, 1.807) is 0 Å². The Labute approximate surface area is 127 Å². The molecule has 2 rings (SSSR count). The minimum absolute atomic E-state index is 0.577. The van der Waals surface area contributed by atoms with Gasteiger partial charge in [-0.1, -0.05) is 30.5 Å². The molecule has 3 nitrogen and oxygen atoms in total. The average molecular weight is 367 g/mol. The summed E-state index contributed by atoms with van der Waals surface area (Å²) in [4.78, 5) is 9.10. The largest absolute Gasteiger partial charge is 0.383 e. The normalized spacial score (nSPS) is 10.7. The Balaban J connectivity index is 2.55. The first kappa shape index (κ1) is 14.2. The van der Waals surface area contributed by atoms with Gasteiger partial charge in [-0.25, -0.2) is 9.97 Å². The Morgan fingerprint density at radius 2 is 1.74 bits per heavy atom. The van der Waals surface area contributed by atoms with Gasteiger partial charge in [0.1, 0.15) is 5.82 Å². The number of nitrogens with zero attached hydrogens (tertiary/aromatic N) is 2. The second-order valence-corrected chi connectivity index (χ2v) is 5.90. The molecule has 0 aliphatic heterocycles. The van der Waals surface area contributed by atoms with Crippen molar-refractivity contribution < 1.29 is 0 Å². The van der Waals surface area contributed by atoms with Gasteiger partial charge in [0.25, 0.3) is 0 Å². The molecule has 19 heavy (non-hydrogen) atoms. The van der Waals surface area contributed by atoms with E-state index in [2.05, 4.69) is 71.5 Å². The number of nitrogen functional groups attached to an aromatic ring is 1. The van der Waals surface area contributed by atoms with Crippen molar-refractivity contribution in [2.45, 2.75) is 33.6 Å². The predicted octanol–water partition coefficient (Wildman–Crippen LogP) is 3.90. The van der Waals surface area contributed by atoms with Crippen LogP contribution in [0, 0.1) is 17.4 Å². The second-order valence-electron chi connectivity index (χ2n) is 4.82. The molecule has 0 unspecified atom stereocenters. The van der Waals surface area contributed by atoms with Crippen LogP contribution in [0.15, 0.2) is 18.2 Å². The molecule has 2 aromatic rings. The molecule has 0 aliphatic carbocycles. The first-order valence-corrected chi connectivity index (χ1v) is 7.49. The summed E-state index contributed by atoms with van der Waals surface area (Å²) in [6.45, 7) is 6.31. The number of anilines is 1. The molecule has 0 spiro atoms. The van der Waals surface area contributed by atoms with Crippen molar-refractivity contribution in [2.24, 2.45) is 0 Å². The van der Waals surface area contributed by atoms with Gasteiger partial charge in [-0.15, -0.1) is 0 Å². The highest BCUT2D eigenvalue weighted by Gasteiger charge is 2.11. The summed E-state index contributed by atoms with van der Waals surface area (Å²) >= 11 is 2.23. The highest BCUT2D eigenvalue weighted by molar-refractivity contribution is 14.1. The number of rotatable bonds is 3. The van der Waals surface area contributed by atoms with Crippen molar-refractivity contribution in [1.82, 2.24) is 9.97 Å². The third-order valence-corrected chi connectivity index (χ3v) is 4.09. The van der Waals surface area contributed by atoms with Gasteiger partial charge in [0.05, 0.1) is 9.26 Å². The van der Waals surface area contributed by atoms with Gasteiger partial charge in [-0.05, 0) is 55.0 Å². The molecule has 0 radical (unpaired) electrons. The summed E-state index contributed by atoms with van der Waals surface area (Å²) in [5.41, 5.74) is 10.5. The maximum absolute atomic E-state index is 6.01. The Morgan fingerprint density at radius 3 is 2.32 bits per heavy atom. The van der Waals surface area contributed by atoms with E-state index >= 15 is 0 Å². The molecule has 0 amide bonds. The zero-order chi connectivity index (χ0) is 14.0. The van der Waals surface area contributed by atoms with E-state index in [0.29, 0.717) is 5.82 Å². The fourth-order valence-electron chi connectivity index (χ4n) is 2.15. The highest BCUT2D eigenvalue weighted by atomic mass is 127. The van der Waals surface area contributed by atoms with Crippen molar-refractivity contribution in [2.75, 3.05) is 5.73 Å². The van der Waals surface area contributed by atoms with E-state index in [1.165, 1.54) is 11.1 Å². The van der Waals surface area contributed by atoms with Crippen LogP contribution in [0.25, 0.3) is 11.4 Å². The Kier molecular flexibility index (Phi) is 4.39. The molecule has 4 heteroatoms. The molecular weight excluding hydrogens is 349 g/mol. The molecule has 0 aliphatic rings. The van der Waals surface area contributed by atoms with Gasteiger partial charge < -0.3 is 5.73 Å². The van der Waals surface area contributed by atoms with Crippen LogP contribution in [0.2, 0.25) is 0 Å². The molecule has 100 valence electrons. The molecule has 1 aromatic carbocycles. The molecule has 0 fully saturated rings. The molecule has 0 bridgehead atoms. The van der Waals surface area contributed by atoms with Crippen molar-refractivity contribution in [3.63, 3.8) is 0 Å². The van der Waals surface area contributed by atoms with E-state index in [1.807, 2.05) is 0 Å². The van der Waals surface area contributed by atoms with E-state index < -0.39 is 0 Å². The van der Waals surface area contributed by atoms with Crippen molar-refractivity contribution in [1.29, 1.82) is 0 Å². The number of aryl methyl sites for hydroxylation is 3. The van der Waals surface area contributed by atoms with Crippen LogP contribution in [-0.2, 0) is 6.42 Å². The van der Waals surface area contributed by atoms with Gasteiger partial charge in [-0.2, -0.15) is 0 Å². The zero-order valence-electron chi connectivity index (χ0n) is 11.5. The first-order chi connectivity index (χ1) is 9.01. The molecule has 1 heterocycles. The molecule has 1 aromatic heterocycles. The Hall–Kier alpha value is -1.17. The summed E-state index contributed by atoms with van der Waals surface area (Å²) in [5.74, 6) is 1.31. The first-order valence-electron chi connectivity index (χ1n) is 6.41. The minimum Gasteiger partial charge on any atom is -0.383 e. The van der Waals surface area contributed by atoms with Gasteiger partial charge in [-0.3, -0.25) is 0 Å². The fourth-order valence-corrected chi connectivity index (χ4v) is 2.66. The van der Waals surface area contributed by atoms with Crippen LogP contribution < -0.4 is 5.73 Å². The monoisotopic (exact) mass is 367 g/mol. The zero-order valence-corrected chi connectivity index (χ0v) is 13.7. The minimum atomic E-state index is 0.577. The lowest BCUT2D eigenvalue weighted by molar-refractivity contribution is 0.869. The smallest absolute Gasteiger partial charge is 0.161 e. The third kappa shape index (κ3) is 3.23. The van der Waals surface area contributed by atoms with Crippen LogP contribution in [0.1, 0.15) is 30.2 Å². The van der Waals surface area contributed by atoms with Crippen molar-refractivity contribution in [3.05, 3.63) is 38.6 Å². The topological polar surface area (TPSA) is 51.8 Å². The summed E-state index contributed by atoms with van der Waals surface area (Å²) in [5, 5.41) is 0. The summed E-state index contributed by atoms with van der Waals surface area (Å²) < 4.78 is 0.979. The molecule has 0 atom stereocenters. The lowest BCUT2D eigenvalue weighted by Gasteiger charge is -2.09. The van der Waals surface area contributed by atoms with Crippen molar-refractivity contribution >= 4 is 28.4 Å². The fraction of sp³-hybridized carbons (Fsp3) is 0.333. The number of aromatic nitrogens is 2. The lowest BCUT2D eigenvalue weighted by atomic mass is 10.1. The second kappa shape index (κ2) is 5.86. The number of nitrogens with two attached hydrogens (primary N) is 1. The number of benzene rings is 1. The number of halogens is 1. The summed E-state index contributed by atoms with van der Waals surface area (Å²) in [7, 11) is 0. The SMILES string of the molecule is CCCc1nc(-c2cc(C)cc(C)c2)nc(N)c1I. The van der Waals surface area contributed by atoms with E-state index in [0.717, 1.165) is 33.5 Å². The summed E-state index contributed by atoms with van der Waals surface area (Å²) in [6.07, 6.45) is 1.99. The van der Waals surface area contributed by atoms with Crippen molar-refractivity contribution in [3.8, 4) is 11.4 Å². The van der Waals surface area contributed by atoms with Gasteiger partial charge in [0.15, 0.2) is 5.82 Å². The van der Waals surface area contributed by atoms with Crippen LogP contribution in [-0.4, -0.2) is 9.97 Å². The number of hydrogen-bond donors (Lipinski definition) is 1.